The molecule has 5 heteroatoms. The Morgan fingerprint density at radius 3 is 3.20 bits per heavy atom. The summed E-state index contributed by atoms with van der Waals surface area (Å²) >= 11 is 0. The van der Waals surface area contributed by atoms with E-state index in [1.54, 1.807) is 6.07 Å². The van der Waals surface area contributed by atoms with E-state index in [0.29, 0.717) is 18.8 Å². The third kappa shape index (κ3) is 3.27. The summed E-state index contributed by atoms with van der Waals surface area (Å²) < 4.78 is 4.49. The van der Waals surface area contributed by atoms with Crippen LogP contribution in [-0.4, -0.2) is 29.6 Å². The van der Waals surface area contributed by atoms with Crippen LogP contribution in [0, 0.1) is 12.3 Å². The van der Waals surface area contributed by atoms with E-state index in [9.17, 15) is 4.79 Å². The lowest BCUT2D eigenvalue weighted by Gasteiger charge is -2.03. The van der Waals surface area contributed by atoms with Crippen LogP contribution in [0.5, 0.6) is 0 Å². The third-order valence-corrected chi connectivity index (χ3v) is 1.60. The second-order valence-corrected chi connectivity index (χ2v) is 2.64. The number of nitrogens with one attached hydrogen (secondary N) is 1. The van der Waals surface area contributed by atoms with Crippen LogP contribution >= 0.6 is 0 Å². The largest absolute Gasteiger partial charge is 0.463 e. The summed E-state index contributed by atoms with van der Waals surface area (Å²) in [6.07, 6.45) is 7.17. The van der Waals surface area contributed by atoms with Crippen molar-refractivity contribution in [1.29, 1.82) is 0 Å². The van der Waals surface area contributed by atoms with Crippen LogP contribution in [0.25, 0.3) is 0 Å². The van der Waals surface area contributed by atoms with E-state index in [1.165, 1.54) is 13.3 Å². The lowest BCUT2D eigenvalue weighted by atomic mass is 10.4. The average Bonchev–Trinajstić information content (AvgIpc) is 2.29. The summed E-state index contributed by atoms with van der Waals surface area (Å²) in [5.41, 5.74) is 0. The van der Waals surface area contributed by atoms with E-state index in [1.807, 2.05) is 0 Å². The van der Waals surface area contributed by atoms with Gasteiger partial charge < -0.3 is 10.1 Å². The molecule has 0 aliphatic rings. The second-order valence-electron chi connectivity index (χ2n) is 2.64. The molecule has 0 atom stereocenters. The van der Waals surface area contributed by atoms with Gasteiger partial charge in [0.05, 0.1) is 7.11 Å². The molecule has 0 bridgehead atoms. The van der Waals surface area contributed by atoms with Crippen molar-refractivity contribution in [3.05, 3.63) is 18.1 Å². The van der Waals surface area contributed by atoms with Gasteiger partial charge in [-0.3, -0.25) is 0 Å². The minimum absolute atomic E-state index is 0.0307. The Morgan fingerprint density at radius 2 is 2.53 bits per heavy atom. The van der Waals surface area contributed by atoms with Gasteiger partial charge in [-0.15, -0.1) is 12.3 Å². The highest BCUT2D eigenvalue weighted by Gasteiger charge is 2.08. The van der Waals surface area contributed by atoms with E-state index in [2.05, 4.69) is 25.9 Å². The Morgan fingerprint density at radius 1 is 1.73 bits per heavy atom. The van der Waals surface area contributed by atoms with Gasteiger partial charge in [0.2, 0.25) is 5.82 Å². The van der Waals surface area contributed by atoms with Crippen molar-refractivity contribution in [2.75, 3.05) is 19.0 Å². The Kier molecular flexibility index (Phi) is 4.10. The molecule has 1 aromatic rings. The van der Waals surface area contributed by atoms with Gasteiger partial charge in [0, 0.05) is 19.2 Å². The number of aromatic nitrogens is 2. The first-order valence-electron chi connectivity index (χ1n) is 4.36. The van der Waals surface area contributed by atoms with Crippen molar-refractivity contribution >= 4 is 11.8 Å². The predicted octanol–water partition coefficient (Wildman–Crippen LogP) is 0.698. The fourth-order valence-electron chi connectivity index (χ4n) is 0.910. The summed E-state index contributed by atoms with van der Waals surface area (Å²) in [4.78, 5) is 18.8. The maximum atomic E-state index is 11.1. The zero-order valence-electron chi connectivity index (χ0n) is 8.36. The third-order valence-electron chi connectivity index (χ3n) is 1.60. The molecule has 0 amide bonds. The van der Waals surface area contributed by atoms with Crippen molar-refractivity contribution in [3.63, 3.8) is 0 Å². The summed E-state index contributed by atoms with van der Waals surface area (Å²) in [5.74, 6) is 2.52. The number of esters is 1. The molecule has 15 heavy (non-hydrogen) atoms. The fourth-order valence-corrected chi connectivity index (χ4v) is 0.910. The van der Waals surface area contributed by atoms with Crippen molar-refractivity contribution in [1.82, 2.24) is 9.97 Å². The highest BCUT2D eigenvalue weighted by molar-refractivity contribution is 5.85. The van der Waals surface area contributed by atoms with Gasteiger partial charge in [0.25, 0.3) is 0 Å². The number of methoxy groups -OCH3 is 1. The van der Waals surface area contributed by atoms with Gasteiger partial charge in [-0.05, 0) is 6.07 Å². The number of carbonyl (C=O) groups is 1. The zero-order valence-corrected chi connectivity index (χ0v) is 8.36. The maximum absolute atomic E-state index is 11.1. The molecular formula is C10H11N3O2. The van der Waals surface area contributed by atoms with Crippen LogP contribution in [0.3, 0.4) is 0 Å². The molecule has 0 aliphatic carbocycles. The number of nitrogens with zero attached hydrogens (tertiary/aromatic N) is 2. The second kappa shape index (κ2) is 5.60. The number of ether oxygens (including phenoxy) is 1. The monoisotopic (exact) mass is 205 g/mol. The SMILES string of the molecule is C#CCCNc1ccnc(C(=O)OC)n1. The minimum Gasteiger partial charge on any atom is -0.463 e. The first-order chi connectivity index (χ1) is 7.27. The summed E-state index contributed by atoms with van der Waals surface area (Å²) in [7, 11) is 1.28. The quantitative estimate of drug-likeness (QED) is 0.445. The number of hydrogen-bond donors (Lipinski definition) is 1. The molecule has 0 aromatic carbocycles. The number of rotatable bonds is 4. The van der Waals surface area contributed by atoms with E-state index < -0.39 is 5.97 Å². The summed E-state index contributed by atoms with van der Waals surface area (Å²) in [5, 5.41) is 2.96. The van der Waals surface area contributed by atoms with Gasteiger partial charge >= 0.3 is 5.97 Å². The van der Waals surface area contributed by atoms with Crippen molar-refractivity contribution in [3.8, 4) is 12.3 Å². The van der Waals surface area contributed by atoms with Crippen molar-refractivity contribution in [2.45, 2.75) is 6.42 Å². The lowest BCUT2D eigenvalue weighted by Crippen LogP contribution is -2.10. The number of anilines is 1. The van der Waals surface area contributed by atoms with Gasteiger partial charge in [-0.2, -0.15) is 0 Å². The molecule has 1 N–H and O–H groups in total. The van der Waals surface area contributed by atoms with Crippen molar-refractivity contribution < 1.29 is 9.53 Å². The first-order valence-corrected chi connectivity index (χ1v) is 4.36. The molecule has 0 radical (unpaired) electrons. The molecule has 1 aromatic heterocycles. The van der Waals surface area contributed by atoms with Crippen LogP contribution in [0.4, 0.5) is 5.82 Å². The van der Waals surface area contributed by atoms with Gasteiger partial charge in [-0.25, -0.2) is 14.8 Å². The van der Waals surface area contributed by atoms with Crippen LogP contribution in [-0.2, 0) is 4.74 Å². The topological polar surface area (TPSA) is 64.1 Å². The predicted molar refractivity (Wildman–Crippen MR) is 55.3 cm³/mol. The maximum Gasteiger partial charge on any atom is 0.376 e. The minimum atomic E-state index is -0.560. The Balaban J connectivity index is 2.66. The highest BCUT2D eigenvalue weighted by atomic mass is 16.5. The molecular weight excluding hydrogens is 194 g/mol. The molecule has 1 rings (SSSR count). The van der Waals surface area contributed by atoms with Crippen LogP contribution in [0.1, 0.15) is 17.0 Å². The van der Waals surface area contributed by atoms with Crippen molar-refractivity contribution in [2.24, 2.45) is 0 Å². The molecule has 78 valence electrons. The normalized spacial score (nSPS) is 9.07. The smallest absolute Gasteiger partial charge is 0.376 e. The standard InChI is InChI=1S/C10H11N3O2/c1-3-4-6-11-8-5-7-12-9(13-8)10(14)15-2/h1,5,7H,4,6H2,2H3,(H,11,12,13). The summed E-state index contributed by atoms with van der Waals surface area (Å²) in [6, 6.07) is 1.66. The summed E-state index contributed by atoms with van der Waals surface area (Å²) in [6.45, 7) is 0.605. The van der Waals surface area contributed by atoms with Crippen LogP contribution in [0.2, 0.25) is 0 Å². The first kappa shape index (κ1) is 11.0. The zero-order chi connectivity index (χ0) is 11.1. The van der Waals surface area contributed by atoms with Gasteiger partial charge in [-0.1, -0.05) is 0 Å². The Labute approximate surface area is 87.9 Å². The molecule has 1 heterocycles. The molecule has 0 saturated heterocycles. The molecule has 0 aliphatic heterocycles. The fraction of sp³-hybridized carbons (Fsp3) is 0.300. The molecule has 0 fully saturated rings. The van der Waals surface area contributed by atoms with E-state index in [4.69, 9.17) is 6.42 Å². The van der Waals surface area contributed by atoms with E-state index in [-0.39, 0.29) is 5.82 Å². The van der Waals surface area contributed by atoms with Gasteiger partial charge in [0.1, 0.15) is 5.82 Å². The number of terminal acetylenes is 1. The Hall–Kier alpha value is -2.09. The number of hydrogen-bond acceptors (Lipinski definition) is 5. The Bertz CT molecular complexity index is 384. The van der Waals surface area contributed by atoms with Crippen LogP contribution < -0.4 is 5.32 Å². The lowest BCUT2D eigenvalue weighted by molar-refractivity contribution is 0.0587. The molecule has 0 spiro atoms. The average molecular weight is 205 g/mol. The molecule has 0 unspecified atom stereocenters. The van der Waals surface area contributed by atoms with E-state index >= 15 is 0 Å². The molecule has 0 saturated carbocycles. The molecule has 5 nitrogen and oxygen atoms in total. The van der Waals surface area contributed by atoms with Crippen LogP contribution in [0.15, 0.2) is 12.3 Å². The van der Waals surface area contributed by atoms with Gasteiger partial charge in [0.15, 0.2) is 0 Å². The number of carbonyl (C=O) groups excluding carboxylic acids is 1. The highest BCUT2D eigenvalue weighted by Crippen LogP contribution is 2.02. The van der Waals surface area contributed by atoms with E-state index in [0.717, 1.165) is 0 Å².